The molecule has 0 aliphatic rings. The zero-order valence-electron chi connectivity index (χ0n) is 11.3. The molecule has 0 amide bonds. The fraction of sp³-hybridized carbons (Fsp3) is 0.714. The Hall–Kier alpha value is -1.34. The lowest BCUT2D eigenvalue weighted by molar-refractivity contribution is -0.703. The molecule has 0 aliphatic heterocycles. The van der Waals surface area contributed by atoms with Crippen molar-refractivity contribution in [1.29, 1.82) is 5.26 Å². The van der Waals surface area contributed by atoms with Crippen LogP contribution in [0.25, 0.3) is 0 Å². The van der Waals surface area contributed by atoms with E-state index in [-0.39, 0.29) is 0 Å². The summed E-state index contributed by atoms with van der Waals surface area (Å²) in [4.78, 5) is 3.27. The van der Waals surface area contributed by atoms with Crippen LogP contribution in [0, 0.1) is 11.3 Å². The van der Waals surface area contributed by atoms with Crippen molar-refractivity contribution in [2.45, 2.75) is 52.0 Å². The Morgan fingerprint density at radius 2 is 2.22 bits per heavy atom. The van der Waals surface area contributed by atoms with Gasteiger partial charge in [-0.05, 0) is 19.3 Å². The lowest BCUT2D eigenvalue weighted by Crippen LogP contribution is -2.36. The van der Waals surface area contributed by atoms with Gasteiger partial charge in [0, 0.05) is 25.9 Å². The quantitative estimate of drug-likeness (QED) is 0.512. The smallest absolute Gasteiger partial charge is 0.254 e. The number of aromatic nitrogens is 2. The summed E-state index contributed by atoms with van der Waals surface area (Å²) in [5.41, 5.74) is 0. The van der Waals surface area contributed by atoms with E-state index in [0.29, 0.717) is 6.42 Å². The van der Waals surface area contributed by atoms with E-state index < -0.39 is 0 Å². The Morgan fingerprint density at radius 3 is 3.00 bits per heavy atom. The summed E-state index contributed by atoms with van der Waals surface area (Å²) in [6, 6.07) is 2.18. The molecule has 0 spiro atoms. The number of hydrogen-bond donors (Lipinski definition) is 1. The van der Waals surface area contributed by atoms with Crippen LogP contribution in [0.5, 0.6) is 0 Å². The molecule has 0 saturated heterocycles. The third-order valence-corrected chi connectivity index (χ3v) is 2.84. The largest absolute Gasteiger partial charge is 0.381 e. The van der Waals surface area contributed by atoms with Crippen molar-refractivity contribution in [3.63, 3.8) is 0 Å². The van der Waals surface area contributed by atoms with E-state index in [4.69, 9.17) is 10.00 Å². The monoisotopic (exact) mass is 250 g/mol. The van der Waals surface area contributed by atoms with Crippen LogP contribution in [0.3, 0.4) is 0 Å². The Bertz CT molecular complexity index is 354. The number of nitrogens with zero attached hydrogens (tertiary/aromatic N) is 2. The summed E-state index contributed by atoms with van der Waals surface area (Å²) in [6.07, 6.45) is 9.92. The molecule has 0 unspecified atom stereocenters. The van der Waals surface area contributed by atoms with Crippen LogP contribution in [0.15, 0.2) is 12.4 Å². The number of nitriles is 1. The molecule has 1 heterocycles. The lowest BCUT2D eigenvalue weighted by Gasteiger charge is -2.02. The van der Waals surface area contributed by atoms with Gasteiger partial charge >= 0.3 is 0 Å². The normalized spacial score (nSPS) is 10.4. The predicted octanol–water partition coefficient (Wildman–Crippen LogP) is 2.36. The van der Waals surface area contributed by atoms with Gasteiger partial charge in [-0.15, -0.1) is 0 Å². The molecule has 0 bridgehead atoms. The summed E-state index contributed by atoms with van der Waals surface area (Å²) in [5.74, 6) is 1.25. The van der Waals surface area contributed by atoms with E-state index in [1.54, 1.807) is 0 Å². The summed E-state index contributed by atoms with van der Waals surface area (Å²) in [6.45, 7) is 4.82. The highest BCUT2D eigenvalue weighted by atomic mass is 16.5. The van der Waals surface area contributed by atoms with Crippen molar-refractivity contribution >= 4 is 0 Å². The molecule has 0 radical (unpaired) electrons. The zero-order chi connectivity index (χ0) is 13.1. The van der Waals surface area contributed by atoms with Crippen molar-refractivity contribution in [3.05, 3.63) is 18.2 Å². The predicted molar refractivity (Wildman–Crippen MR) is 69.9 cm³/mol. The number of aromatic amines is 1. The molecule has 1 rings (SSSR count). The zero-order valence-corrected chi connectivity index (χ0v) is 11.3. The van der Waals surface area contributed by atoms with Crippen LogP contribution < -0.4 is 4.57 Å². The minimum atomic E-state index is 0.658. The first-order valence-electron chi connectivity index (χ1n) is 6.89. The van der Waals surface area contributed by atoms with E-state index >= 15 is 0 Å². The van der Waals surface area contributed by atoms with E-state index in [1.165, 1.54) is 5.82 Å². The second-order valence-corrected chi connectivity index (χ2v) is 4.43. The molecule has 0 saturated carbocycles. The Balaban J connectivity index is 2.20. The molecule has 18 heavy (non-hydrogen) atoms. The molecular formula is C14H24N3O+. The first kappa shape index (κ1) is 14.7. The van der Waals surface area contributed by atoms with Gasteiger partial charge in [-0.3, -0.25) is 0 Å². The second-order valence-electron chi connectivity index (χ2n) is 4.43. The first-order chi connectivity index (χ1) is 8.88. The number of imidazole rings is 1. The molecule has 4 heteroatoms. The Kier molecular flexibility index (Phi) is 7.90. The second kappa shape index (κ2) is 9.67. The Morgan fingerprint density at radius 1 is 1.33 bits per heavy atom. The van der Waals surface area contributed by atoms with Crippen LogP contribution >= 0.6 is 0 Å². The average molecular weight is 250 g/mol. The average Bonchev–Trinajstić information content (AvgIpc) is 2.82. The van der Waals surface area contributed by atoms with E-state index in [1.807, 2.05) is 6.20 Å². The summed E-state index contributed by atoms with van der Waals surface area (Å²) < 4.78 is 7.73. The molecule has 0 aliphatic carbocycles. The number of H-pyrrole nitrogens is 1. The SMILES string of the molecule is CCCOCCC[n+]1cc[nH]c1CCCCC#N. The molecule has 0 atom stereocenters. The molecule has 100 valence electrons. The highest BCUT2D eigenvalue weighted by molar-refractivity contribution is 4.78. The van der Waals surface area contributed by atoms with E-state index in [9.17, 15) is 0 Å². The summed E-state index contributed by atoms with van der Waals surface area (Å²) >= 11 is 0. The number of unbranched alkanes of at least 4 members (excludes halogenated alkanes) is 2. The third-order valence-electron chi connectivity index (χ3n) is 2.84. The van der Waals surface area contributed by atoms with Gasteiger partial charge in [-0.1, -0.05) is 6.92 Å². The number of hydrogen-bond acceptors (Lipinski definition) is 2. The van der Waals surface area contributed by atoms with Gasteiger partial charge in [-0.25, -0.2) is 9.55 Å². The minimum absolute atomic E-state index is 0.658. The van der Waals surface area contributed by atoms with Crippen molar-refractivity contribution in [2.75, 3.05) is 13.2 Å². The number of ether oxygens (including phenoxy) is 1. The first-order valence-corrected chi connectivity index (χ1v) is 6.89. The minimum Gasteiger partial charge on any atom is -0.381 e. The number of rotatable bonds is 10. The van der Waals surface area contributed by atoms with Crippen LogP contribution in [0.2, 0.25) is 0 Å². The van der Waals surface area contributed by atoms with Crippen LogP contribution in [0.1, 0.15) is 44.9 Å². The molecular weight excluding hydrogens is 226 g/mol. The molecule has 0 aromatic carbocycles. The van der Waals surface area contributed by atoms with Gasteiger partial charge < -0.3 is 4.74 Å². The summed E-state index contributed by atoms with van der Waals surface area (Å²) in [7, 11) is 0. The maximum atomic E-state index is 8.49. The van der Waals surface area contributed by atoms with Crippen molar-refractivity contribution in [1.82, 2.24) is 4.98 Å². The molecule has 1 aromatic heterocycles. The Labute approximate surface area is 110 Å². The molecule has 0 fully saturated rings. The fourth-order valence-electron chi connectivity index (χ4n) is 1.90. The lowest BCUT2D eigenvalue weighted by atomic mass is 10.2. The maximum absolute atomic E-state index is 8.49. The third kappa shape index (κ3) is 5.83. The highest BCUT2D eigenvalue weighted by Crippen LogP contribution is 2.00. The number of nitrogens with one attached hydrogen (secondary N) is 1. The van der Waals surface area contributed by atoms with Gasteiger partial charge in [0.2, 0.25) is 0 Å². The van der Waals surface area contributed by atoms with Crippen LogP contribution in [-0.4, -0.2) is 18.2 Å². The fourth-order valence-corrected chi connectivity index (χ4v) is 1.90. The van der Waals surface area contributed by atoms with Gasteiger partial charge in [-0.2, -0.15) is 5.26 Å². The topological polar surface area (TPSA) is 52.7 Å². The molecule has 4 nitrogen and oxygen atoms in total. The highest BCUT2D eigenvalue weighted by Gasteiger charge is 2.09. The van der Waals surface area contributed by atoms with Gasteiger partial charge in [0.25, 0.3) is 5.82 Å². The van der Waals surface area contributed by atoms with Crippen LogP contribution in [0.4, 0.5) is 0 Å². The summed E-state index contributed by atoms with van der Waals surface area (Å²) in [5, 5.41) is 8.49. The molecule has 1 N–H and O–H groups in total. The number of aryl methyl sites for hydroxylation is 2. The van der Waals surface area contributed by atoms with E-state index in [0.717, 1.165) is 51.9 Å². The molecule has 1 aromatic rings. The van der Waals surface area contributed by atoms with Crippen molar-refractivity contribution in [3.8, 4) is 6.07 Å². The van der Waals surface area contributed by atoms with Gasteiger partial charge in [0.05, 0.1) is 19.2 Å². The van der Waals surface area contributed by atoms with Gasteiger partial charge in [0.15, 0.2) is 0 Å². The maximum Gasteiger partial charge on any atom is 0.254 e. The van der Waals surface area contributed by atoms with Crippen LogP contribution in [-0.2, 0) is 17.7 Å². The standard InChI is InChI=1S/C14H23N3O/c1-2-12-18-13-6-10-17-11-9-16-14(17)7-4-3-5-8-15/h9,11H,2-7,10,12-13H2,1H3/p+1. The van der Waals surface area contributed by atoms with E-state index in [2.05, 4.69) is 28.7 Å². The van der Waals surface area contributed by atoms with Crippen molar-refractivity contribution in [2.24, 2.45) is 0 Å². The van der Waals surface area contributed by atoms with Crippen molar-refractivity contribution < 1.29 is 9.30 Å². The van der Waals surface area contributed by atoms with Gasteiger partial charge in [0.1, 0.15) is 12.4 Å².